The molecule has 2 aromatic carbocycles. The number of hydrogen-bond acceptors (Lipinski definition) is 3. The Hall–Kier alpha value is -2.62. The van der Waals surface area contributed by atoms with Gasteiger partial charge in [0.1, 0.15) is 5.75 Å². The maximum atomic E-state index is 12.0. The molecule has 3 rings (SSSR count). The predicted octanol–water partition coefficient (Wildman–Crippen LogP) is 2.39. The van der Waals surface area contributed by atoms with E-state index in [1.165, 1.54) is 0 Å². The van der Waals surface area contributed by atoms with E-state index < -0.39 is 0 Å². The summed E-state index contributed by atoms with van der Waals surface area (Å²) in [5.74, 6) is 0.743. The Morgan fingerprint density at radius 3 is 2.63 bits per heavy atom. The molecule has 3 aromatic rings. The van der Waals surface area contributed by atoms with Crippen molar-refractivity contribution in [2.75, 3.05) is 7.11 Å². The number of benzene rings is 2. The third-order valence-corrected chi connectivity index (χ3v) is 3.00. The largest absolute Gasteiger partial charge is 0.497 e. The highest BCUT2D eigenvalue weighted by Crippen LogP contribution is 2.20. The van der Waals surface area contributed by atoms with Crippen molar-refractivity contribution < 1.29 is 4.74 Å². The van der Waals surface area contributed by atoms with Crippen molar-refractivity contribution in [2.24, 2.45) is 0 Å². The van der Waals surface area contributed by atoms with Crippen molar-refractivity contribution in [1.29, 1.82) is 0 Å². The summed E-state index contributed by atoms with van der Waals surface area (Å²) in [5.41, 5.74) is 1.33. The fourth-order valence-electron chi connectivity index (χ4n) is 2.08. The zero-order valence-corrected chi connectivity index (χ0v) is 10.4. The van der Waals surface area contributed by atoms with E-state index in [1.54, 1.807) is 17.9 Å². The first-order valence-corrected chi connectivity index (χ1v) is 5.91. The number of nitrogens with zero attached hydrogens (tertiary/aromatic N) is 2. The number of para-hydroxylation sites is 1. The van der Waals surface area contributed by atoms with Gasteiger partial charge in [-0.2, -0.15) is 0 Å². The molecule has 4 nitrogen and oxygen atoms in total. The van der Waals surface area contributed by atoms with Crippen LogP contribution in [0.1, 0.15) is 0 Å². The first-order valence-electron chi connectivity index (χ1n) is 5.91. The molecule has 4 heteroatoms. The second kappa shape index (κ2) is 4.57. The number of hydrogen-bond donors (Lipinski definition) is 0. The van der Waals surface area contributed by atoms with E-state index in [4.69, 9.17) is 4.74 Å². The van der Waals surface area contributed by atoms with Crippen LogP contribution in [0.4, 0.5) is 0 Å². The van der Waals surface area contributed by atoms with Crippen LogP contribution in [0.25, 0.3) is 16.6 Å². The van der Waals surface area contributed by atoms with Gasteiger partial charge in [-0.3, -0.25) is 4.57 Å². The van der Waals surface area contributed by atoms with Gasteiger partial charge in [0.25, 0.3) is 0 Å². The molecule has 0 aliphatic carbocycles. The summed E-state index contributed by atoms with van der Waals surface area (Å²) in [4.78, 5) is 15.9. The molecule has 94 valence electrons. The van der Waals surface area contributed by atoms with Gasteiger partial charge >= 0.3 is 5.69 Å². The van der Waals surface area contributed by atoms with E-state index in [2.05, 4.69) is 4.98 Å². The van der Waals surface area contributed by atoms with Gasteiger partial charge in [0.2, 0.25) is 0 Å². The van der Waals surface area contributed by atoms with Gasteiger partial charge in [0.05, 0.1) is 18.3 Å². The Morgan fingerprint density at radius 2 is 1.89 bits per heavy atom. The Bertz CT molecular complexity index is 779. The molecule has 0 amide bonds. The molecular weight excluding hydrogens is 240 g/mol. The number of aromatic nitrogens is 2. The first-order chi connectivity index (χ1) is 9.29. The van der Waals surface area contributed by atoms with E-state index >= 15 is 0 Å². The number of fused-ring (bicyclic) bond motifs is 1. The second-order valence-corrected chi connectivity index (χ2v) is 4.14. The summed E-state index contributed by atoms with van der Waals surface area (Å²) in [7, 11) is 1.61. The monoisotopic (exact) mass is 252 g/mol. The van der Waals surface area contributed by atoms with Crippen LogP contribution in [-0.4, -0.2) is 16.7 Å². The van der Waals surface area contributed by atoms with Crippen molar-refractivity contribution in [3.05, 3.63) is 65.2 Å². The molecule has 1 heterocycles. The Balaban J connectivity index is 2.35. The lowest BCUT2D eigenvalue weighted by Crippen LogP contribution is -2.21. The molecule has 0 bridgehead atoms. The van der Waals surface area contributed by atoms with E-state index in [1.807, 2.05) is 48.5 Å². The lowest BCUT2D eigenvalue weighted by atomic mass is 10.2. The second-order valence-electron chi connectivity index (χ2n) is 4.14. The lowest BCUT2D eigenvalue weighted by molar-refractivity contribution is 0.415. The minimum atomic E-state index is -0.288. The molecule has 1 aromatic heterocycles. The summed E-state index contributed by atoms with van der Waals surface area (Å²) in [5, 5.41) is 0.864. The van der Waals surface area contributed by atoms with Gasteiger partial charge in [-0.15, -0.1) is 0 Å². The molecular formula is C15H12N2O2. The normalized spacial score (nSPS) is 10.6. The Morgan fingerprint density at radius 1 is 1.11 bits per heavy atom. The molecule has 0 spiro atoms. The molecule has 0 atom stereocenters. The van der Waals surface area contributed by atoms with Gasteiger partial charge in [0, 0.05) is 11.6 Å². The average molecular weight is 252 g/mol. The van der Waals surface area contributed by atoms with Gasteiger partial charge < -0.3 is 4.74 Å². The van der Waals surface area contributed by atoms with Crippen molar-refractivity contribution in [1.82, 2.24) is 9.55 Å². The van der Waals surface area contributed by atoms with Crippen molar-refractivity contribution >= 4 is 10.9 Å². The Kier molecular flexibility index (Phi) is 2.76. The number of methoxy groups -OCH3 is 1. The fraction of sp³-hybridized carbons (Fsp3) is 0.0667. The van der Waals surface area contributed by atoms with Crippen LogP contribution in [0, 0.1) is 0 Å². The number of ether oxygens (including phenoxy) is 1. The molecule has 0 N–H and O–H groups in total. The van der Waals surface area contributed by atoms with Gasteiger partial charge in [-0.05, 0) is 30.3 Å². The standard InChI is InChI=1S/C15H12N2O2/c1-19-13-7-8-14-11(9-13)10-16-15(18)17(14)12-5-3-2-4-6-12/h2-10H,1H3. The highest BCUT2D eigenvalue weighted by atomic mass is 16.5. The van der Waals surface area contributed by atoms with Crippen molar-refractivity contribution in [3.63, 3.8) is 0 Å². The zero-order valence-electron chi connectivity index (χ0n) is 10.4. The van der Waals surface area contributed by atoms with Gasteiger partial charge in [-0.1, -0.05) is 18.2 Å². The quantitative estimate of drug-likeness (QED) is 0.703. The van der Waals surface area contributed by atoms with Crippen LogP contribution in [-0.2, 0) is 0 Å². The third-order valence-electron chi connectivity index (χ3n) is 3.00. The Labute approximate surface area is 109 Å². The number of rotatable bonds is 2. The summed E-state index contributed by atoms with van der Waals surface area (Å²) in [6.07, 6.45) is 1.57. The van der Waals surface area contributed by atoms with E-state index in [0.29, 0.717) is 0 Å². The summed E-state index contributed by atoms with van der Waals surface area (Å²) >= 11 is 0. The van der Waals surface area contributed by atoms with Crippen molar-refractivity contribution in [2.45, 2.75) is 0 Å². The van der Waals surface area contributed by atoms with Crippen LogP contribution in [0.15, 0.2) is 59.5 Å². The molecule has 0 aliphatic rings. The molecule has 0 saturated carbocycles. The molecule has 0 fully saturated rings. The van der Waals surface area contributed by atoms with Crippen LogP contribution in [0.2, 0.25) is 0 Å². The van der Waals surface area contributed by atoms with E-state index in [9.17, 15) is 4.79 Å². The minimum Gasteiger partial charge on any atom is -0.497 e. The first kappa shape index (κ1) is 11.5. The van der Waals surface area contributed by atoms with Crippen LogP contribution in [0.3, 0.4) is 0 Å². The van der Waals surface area contributed by atoms with Gasteiger partial charge in [0.15, 0.2) is 0 Å². The summed E-state index contributed by atoms with van der Waals surface area (Å²) < 4.78 is 6.77. The summed E-state index contributed by atoms with van der Waals surface area (Å²) in [6, 6.07) is 15.0. The van der Waals surface area contributed by atoms with Gasteiger partial charge in [-0.25, -0.2) is 9.78 Å². The maximum absolute atomic E-state index is 12.0. The SMILES string of the molecule is COc1ccc2c(cnc(=O)n2-c2ccccc2)c1. The van der Waals surface area contributed by atoms with Crippen molar-refractivity contribution in [3.8, 4) is 11.4 Å². The topological polar surface area (TPSA) is 44.1 Å². The van der Waals surface area contributed by atoms with Crippen LogP contribution in [0.5, 0.6) is 5.75 Å². The summed E-state index contributed by atoms with van der Waals surface area (Å²) in [6.45, 7) is 0. The lowest BCUT2D eigenvalue weighted by Gasteiger charge is -2.10. The maximum Gasteiger partial charge on any atom is 0.352 e. The van der Waals surface area contributed by atoms with E-state index in [0.717, 1.165) is 22.3 Å². The molecule has 19 heavy (non-hydrogen) atoms. The van der Waals surface area contributed by atoms with E-state index in [-0.39, 0.29) is 5.69 Å². The highest BCUT2D eigenvalue weighted by molar-refractivity contribution is 5.81. The highest BCUT2D eigenvalue weighted by Gasteiger charge is 2.06. The smallest absolute Gasteiger partial charge is 0.352 e. The fourth-order valence-corrected chi connectivity index (χ4v) is 2.08. The van der Waals surface area contributed by atoms with Crippen LogP contribution >= 0.6 is 0 Å². The molecule has 0 radical (unpaired) electrons. The molecule has 0 aliphatic heterocycles. The molecule has 0 unspecified atom stereocenters. The average Bonchev–Trinajstić information content (AvgIpc) is 2.47. The predicted molar refractivity (Wildman–Crippen MR) is 73.9 cm³/mol. The zero-order chi connectivity index (χ0) is 13.2. The third kappa shape index (κ3) is 1.97. The van der Waals surface area contributed by atoms with Crippen LogP contribution < -0.4 is 10.4 Å². The minimum absolute atomic E-state index is 0.288. The molecule has 0 saturated heterocycles.